The highest BCUT2D eigenvalue weighted by molar-refractivity contribution is 6.04. The van der Waals surface area contributed by atoms with Crippen molar-refractivity contribution >= 4 is 17.3 Å². The van der Waals surface area contributed by atoms with Gasteiger partial charge in [-0.3, -0.25) is 4.79 Å². The number of nitrogens with zero attached hydrogens (tertiary/aromatic N) is 2. The Morgan fingerprint density at radius 3 is 2.71 bits per heavy atom. The van der Waals surface area contributed by atoms with Gasteiger partial charge in [0.05, 0.1) is 18.6 Å². The quantitative estimate of drug-likeness (QED) is 0.755. The van der Waals surface area contributed by atoms with Crippen molar-refractivity contribution in [2.45, 2.75) is 13.5 Å². The van der Waals surface area contributed by atoms with Crippen molar-refractivity contribution in [3.05, 3.63) is 77.9 Å². The molecular formula is C19H20N4O. The maximum Gasteiger partial charge on any atom is 0.255 e. The Bertz CT molecular complexity index is 810. The fourth-order valence-corrected chi connectivity index (χ4v) is 2.45. The topological polar surface area (TPSA) is 61.0 Å². The Morgan fingerprint density at radius 2 is 2.00 bits per heavy atom. The van der Waals surface area contributed by atoms with Gasteiger partial charge in [-0.2, -0.15) is 0 Å². The van der Waals surface area contributed by atoms with Gasteiger partial charge in [-0.05, 0) is 37.3 Å². The van der Waals surface area contributed by atoms with E-state index in [1.165, 1.54) is 0 Å². The van der Waals surface area contributed by atoms with Gasteiger partial charge in [0.1, 0.15) is 0 Å². The lowest BCUT2D eigenvalue weighted by atomic mass is 10.1. The molecule has 0 aliphatic heterocycles. The van der Waals surface area contributed by atoms with Crippen molar-refractivity contribution in [3.63, 3.8) is 0 Å². The zero-order chi connectivity index (χ0) is 16.9. The Morgan fingerprint density at radius 1 is 1.21 bits per heavy atom. The van der Waals surface area contributed by atoms with Crippen molar-refractivity contribution in [1.29, 1.82) is 0 Å². The van der Waals surface area contributed by atoms with Gasteiger partial charge in [-0.1, -0.05) is 23.8 Å². The summed E-state index contributed by atoms with van der Waals surface area (Å²) in [5.41, 5.74) is 4.61. The Balaban J connectivity index is 1.70. The molecular weight excluding hydrogens is 300 g/mol. The number of rotatable bonds is 5. The standard InChI is InChI=1S/C19H20N4O/c1-14-6-8-15(9-7-14)19(24)22-16-4-3-5-18(10-16)23(2)12-17-11-20-13-21-17/h3-11,13H,12H2,1-2H3,(H,20,21)(H,22,24). The molecule has 5 heteroatoms. The Kier molecular flexibility index (Phi) is 4.61. The third kappa shape index (κ3) is 3.81. The number of hydrogen-bond acceptors (Lipinski definition) is 3. The van der Waals surface area contributed by atoms with Crippen molar-refractivity contribution in [2.75, 3.05) is 17.3 Å². The molecule has 0 spiro atoms. The van der Waals surface area contributed by atoms with Crippen LogP contribution in [0, 0.1) is 6.92 Å². The van der Waals surface area contributed by atoms with E-state index in [1.54, 1.807) is 12.5 Å². The van der Waals surface area contributed by atoms with E-state index >= 15 is 0 Å². The second-order valence-electron chi connectivity index (χ2n) is 5.80. The molecule has 2 aromatic carbocycles. The first-order valence-electron chi connectivity index (χ1n) is 7.78. The summed E-state index contributed by atoms with van der Waals surface area (Å²) in [7, 11) is 2.00. The minimum atomic E-state index is -0.108. The van der Waals surface area contributed by atoms with E-state index in [-0.39, 0.29) is 5.91 Å². The number of anilines is 2. The van der Waals surface area contributed by atoms with Crippen molar-refractivity contribution in [3.8, 4) is 0 Å². The van der Waals surface area contributed by atoms with Crippen LogP contribution in [-0.2, 0) is 6.54 Å². The number of aromatic nitrogens is 2. The maximum absolute atomic E-state index is 12.3. The zero-order valence-corrected chi connectivity index (χ0v) is 13.8. The molecule has 5 nitrogen and oxygen atoms in total. The fraction of sp³-hybridized carbons (Fsp3) is 0.158. The molecule has 122 valence electrons. The van der Waals surface area contributed by atoms with Crippen molar-refractivity contribution in [2.24, 2.45) is 0 Å². The predicted molar refractivity (Wildman–Crippen MR) is 96.3 cm³/mol. The predicted octanol–water partition coefficient (Wildman–Crippen LogP) is 3.61. The molecule has 2 N–H and O–H groups in total. The van der Waals surface area contributed by atoms with Gasteiger partial charge in [0.25, 0.3) is 5.91 Å². The van der Waals surface area contributed by atoms with Gasteiger partial charge in [-0.15, -0.1) is 0 Å². The summed E-state index contributed by atoms with van der Waals surface area (Å²) in [6, 6.07) is 15.3. The zero-order valence-electron chi connectivity index (χ0n) is 13.8. The molecule has 0 bridgehead atoms. The highest BCUT2D eigenvalue weighted by Crippen LogP contribution is 2.20. The molecule has 0 atom stereocenters. The number of aromatic amines is 1. The van der Waals surface area contributed by atoms with Gasteiger partial charge >= 0.3 is 0 Å². The molecule has 0 aliphatic rings. The molecule has 0 saturated heterocycles. The molecule has 3 rings (SSSR count). The van der Waals surface area contributed by atoms with E-state index < -0.39 is 0 Å². The van der Waals surface area contributed by atoms with Crippen LogP contribution >= 0.6 is 0 Å². The Hall–Kier alpha value is -3.08. The maximum atomic E-state index is 12.3. The number of carbonyl (C=O) groups excluding carboxylic acids is 1. The minimum Gasteiger partial charge on any atom is -0.369 e. The van der Waals surface area contributed by atoms with E-state index in [0.717, 1.165) is 29.2 Å². The number of benzene rings is 2. The summed E-state index contributed by atoms with van der Waals surface area (Å²) in [6.45, 7) is 2.72. The van der Waals surface area contributed by atoms with E-state index in [2.05, 4.69) is 20.2 Å². The van der Waals surface area contributed by atoms with Crippen LogP contribution in [0.2, 0.25) is 0 Å². The summed E-state index contributed by atoms with van der Waals surface area (Å²) < 4.78 is 0. The number of carbonyl (C=O) groups is 1. The summed E-state index contributed by atoms with van der Waals surface area (Å²) in [5.74, 6) is -0.108. The molecule has 1 heterocycles. The molecule has 1 amide bonds. The van der Waals surface area contributed by atoms with Crippen molar-refractivity contribution < 1.29 is 4.79 Å². The van der Waals surface area contributed by atoms with E-state index in [4.69, 9.17) is 0 Å². The average Bonchev–Trinajstić information content (AvgIpc) is 3.08. The molecule has 24 heavy (non-hydrogen) atoms. The van der Waals surface area contributed by atoms with Crippen LogP contribution in [0.15, 0.2) is 61.1 Å². The second kappa shape index (κ2) is 7.00. The lowest BCUT2D eigenvalue weighted by Crippen LogP contribution is -2.17. The summed E-state index contributed by atoms with van der Waals surface area (Å²) >= 11 is 0. The molecule has 1 aromatic heterocycles. The fourth-order valence-electron chi connectivity index (χ4n) is 2.45. The first kappa shape index (κ1) is 15.8. The van der Waals surface area contributed by atoms with Crippen LogP contribution in [0.1, 0.15) is 21.6 Å². The monoisotopic (exact) mass is 320 g/mol. The first-order chi connectivity index (χ1) is 11.6. The summed E-state index contributed by atoms with van der Waals surface area (Å²) in [6.07, 6.45) is 3.47. The third-order valence-corrected chi connectivity index (χ3v) is 3.82. The smallest absolute Gasteiger partial charge is 0.255 e. The van der Waals surface area contributed by atoms with E-state index in [9.17, 15) is 4.79 Å². The number of hydrogen-bond donors (Lipinski definition) is 2. The highest BCUT2D eigenvalue weighted by Gasteiger charge is 2.08. The largest absolute Gasteiger partial charge is 0.369 e. The molecule has 3 aromatic rings. The summed E-state index contributed by atoms with van der Waals surface area (Å²) in [5, 5.41) is 2.95. The lowest BCUT2D eigenvalue weighted by molar-refractivity contribution is 0.102. The van der Waals surface area contributed by atoms with Gasteiger partial charge in [0.15, 0.2) is 0 Å². The van der Waals surface area contributed by atoms with Crippen LogP contribution in [-0.4, -0.2) is 22.9 Å². The van der Waals surface area contributed by atoms with E-state index in [0.29, 0.717) is 5.56 Å². The first-order valence-corrected chi connectivity index (χ1v) is 7.78. The van der Waals surface area contributed by atoms with Crippen LogP contribution in [0.4, 0.5) is 11.4 Å². The molecule has 0 saturated carbocycles. The molecule has 0 aliphatic carbocycles. The number of imidazole rings is 1. The van der Waals surface area contributed by atoms with Crippen LogP contribution in [0.25, 0.3) is 0 Å². The van der Waals surface area contributed by atoms with Gasteiger partial charge < -0.3 is 15.2 Å². The average molecular weight is 320 g/mol. The number of H-pyrrole nitrogens is 1. The normalized spacial score (nSPS) is 10.4. The van der Waals surface area contributed by atoms with Gasteiger partial charge in [0.2, 0.25) is 0 Å². The summed E-state index contributed by atoms with van der Waals surface area (Å²) in [4.78, 5) is 21.5. The van der Waals surface area contributed by atoms with E-state index in [1.807, 2.05) is 62.5 Å². The molecule has 0 unspecified atom stereocenters. The Labute approximate surface area is 141 Å². The van der Waals surface area contributed by atoms with Crippen LogP contribution in [0.5, 0.6) is 0 Å². The third-order valence-electron chi connectivity index (χ3n) is 3.82. The van der Waals surface area contributed by atoms with Gasteiger partial charge in [0, 0.05) is 30.2 Å². The van der Waals surface area contributed by atoms with Crippen molar-refractivity contribution in [1.82, 2.24) is 9.97 Å². The molecule has 0 radical (unpaired) electrons. The minimum absolute atomic E-state index is 0.108. The molecule has 0 fully saturated rings. The number of nitrogens with one attached hydrogen (secondary N) is 2. The van der Waals surface area contributed by atoms with Crippen LogP contribution in [0.3, 0.4) is 0 Å². The lowest BCUT2D eigenvalue weighted by Gasteiger charge is -2.19. The highest BCUT2D eigenvalue weighted by atomic mass is 16.1. The second-order valence-corrected chi connectivity index (χ2v) is 5.80. The number of aryl methyl sites for hydroxylation is 1. The van der Waals surface area contributed by atoms with Gasteiger partial charge in [-0.25, -0.2) is 4.98 Å². The number of amides is 1. The SMILES string of the molecule is Cc1ccc(C(=O)Nc2cccc(N(C)Cc3cnc[nH]3)c2)cc1. The van der Waals surface area contributed by atoms with Crippen LogP contribution < -0.4 is 10.2 Å².